The van der Waals surface area contributed by atoms with Crippen LogP contribution < -0.4 is 53.6 Å². The van der Waals surface area contributed by atoms with E-state index in [1.54, 1.807) is 27.7 Å². The minimum atomic E-state index is -1.78. The van der Waals surface area contributed by atoms with E-state index in [4.69, 9.17) is 5.73 Å². The van der Waals surface area contributed by atoms with Crippen LogP contribution in [0.2, 0.25) is 0 Å². The van der Waals surface area contributed by atoms with Crippen LogP contribution in [-0.2, 0) is 57.5 Å². The van der Waals surface area contributed by atoms with Crippen LogP contribution in [0.1, 0.15) is 169 Å². The standard InChI is InChI=1S/C57H100N12O14/c1-18-33(10)44(64-46(75)39(26-42(58)73)62-52(81)55(12,13)65-34(11)71)50(79)63-43(32(8)9)51(80)67-57(16,17)54(83)69-27-36(72)25-41(69)49(78)61-37(23-30(4)5)45(74)60-38(24-31(6)7)47(76)66-56(14,15)53(82)68-21-19-20-40(68)48(77)59-35(28-70)22-29(2)3/h29-33,35-41,43-44,70,72H,18-28H2,1-17H3,(H2,58,73)(H,59,77)(H,60,74)(H,61,78)(H,62,81)(H,63,79)(H,64,75)(H,65,71)(H,66,76)(H,67,80)/t33-,35-,36+,37-,38-,39-,40-,41-,43-,44-/m0/s1. The first-order valence-corrected chi connectivity index (χ1v) is 29.1. The van der Waals surface area contributed by atoms with E-state index in [-0.39, 0.29) is 56.7 Å². The highest BCUT2D eigenvalue weighted by atomic mass is 16.3. The molecule has 10 atom stereocenters. The largest absolute Gasteiger partial charge is 0.394 e. The number of carbonyl (C=O) groups is 12. The van der Waals surface area contributed by atoms with Crippen molar-refractivity contribution in [2.75, 3.05) is 19.7 Å². The zero-order valence-corrected chi connectivity index (χ0v) is 52.1. The number of primary amides is 1. The first kappa shape index (κ1) is 72.7. The van der Waals surface area contributed by atoms with Gasteiger partial charge in [0, 0.05) is 26.4 Å². The third-order valence-corrected chi connectivity index (χ3v) is 14.7. The summed E-state index contributed by atoms with van der Waals surface area (Å²) >= 11 is 0. The Balaban J connectivity index is 2.33. The minimum Gasteiger partial charge on any atom is -0.394 e. The number of aliphatic hydroxyl groups is 2. The molecule has 0 aromatic carbocycles. The molecule has 2 aliphatic rings. The van der Waals surface area contributed by atoms with Crippen molar-refractivity contribution in [3.63, 3.8) is 0 Å². The van der Waals surface area contributed by atoms with E-state index in [9.17, 15) is 67.7 Å². The molecule has 2 rings (SSSR count). The first-order valence-electron chi connectivity index (χ1n) is 29.1. The van der Waals surface area contributed by atoms with Gasteiger partial charge in [0.1, 0.15) is 58.9 Å². The number of aliphatic hydroxyl groups excluding tert-OH is 2. The molecule has 472 valence electrons. The molecular formula is C57H100N12O14. The van der Waals surface area contributed by atoms with E-state index in [1.165, 1.54) is 53.4 Å². The SMILES string of the molecule is CC[C@H](C)[C@H](NC(=O)[C@H](CC(N)=O)NC(=O)C(C)(C)NC(C)=O)C(=O)N[C@H](C(=O)NC(C)(C)C(=O)N1C[C@H](O)C[C@H]1C(=O)N[C@@H](CC(C)C)C(=O)N[C@@H](CC(C)C)C(=O)NC(C)(C)C(=O)N1CCC[C@H]1C(=O)N[C@H](CO)CC(C)C)C(C)C. The Labute approximate surface area is 489 Å². The number of likely N-dealkylation sites (tertiary alicyclic amines) is 2. The molecule has 2 heterocycles. The summed E-state index contributed by atoms with van der Waals surface area (Å²) in [6.07, 6.45) is -0.0483. The van der Waals surface area contributed by atoms with Gasteiger partial charge in [-0.15, -0.1) is 0 Å². The van der Waals surface area contributed by atoms with Crippen LogP contribution >= 0.6 is 0 Å². The predicted molar refractivity (Wildman–Crippen MR) is 308 cm³/mol. The maximum atomic E-state index is 14.5. The van der Waals surface area contributed by atoms with Gasteiger partial charge in [-0.05, 0) is 103 Å². The van der Waals surface area contributed by atoms with Crippen molar-refractivity contribution in [3.8, 4) is 0 Å². The van der Waals surface area contributed by atoms with Gasteiger partial charge in [0.05, 0.1) is 25.2 Å². The van der Waals surface area contributed by atoms with Gasteiger partial charge < -0.3 is 73.6 Å². The normalized spacial score (nSPS) is 19.1. The number of carbonyl (C=O) groups excluding carboxylic acids is 12. The fourth-order valence-electron chi connectivity index (χ4n) is 10.1. The summed E-state index contributed by atoms with van der Waals surface area (Å²) in [5.74, 6) is -10.1. The fraction of sp³-hybridized carbons (Fsp3) is 0.789. The van der Waals surface area contributed by atoms with Gasteiger partial charge in [0.15, 0.2) is 0 Å². The Bertz CT molecular complexity index is 2340. The fourth-order valence-corrected chi connectivity index (χ4v) is 10.1. The number of amides is 12. The number of rotatable bonds is 31. The van der Waals surface area contributed by atoms with E-state index in [0.29, 0.717) is 25.7 Å². The monoisotopic (exact) mass is 1180 g/mol. The van der Waals surface area contributed by atoms with Gasteiger partial charge in [-0.2, -0.15) is 0 Å². The lowest BCUT2D eigenvalue weighted by Gasteiger charge is -2.36. The molecule has 0 aliphatic carbocycles. The molecule has 0 spiro atoms. The summed E-state index contributed by atoms with van der Waals surface area (Å²) in [6, 6.07) is -9.29. The second-order valence-electron chi connectivity index (χ2n) is 25.8. The number of nitrogens with zero attached hydrogens (tertiary/aromatic N) is 2. The number of nitrogens with two attached hydrogens (primary N) is 1. The molecular weight excluding hydrogens is 1080 g/mol. The molecule has 83 heavy (non-hydrogen) atoms. The van der Waals surface area contributed by atoms with Crippen molar-refractivity contribution in [3.05, 3.63) is 0 Å². The van der Waals surface area contributed by atoms with Crippen molar-refractivity contribution in [1.82, 2.24) is 57.7 Å². The lowest BCUT2D eigenvalue weighted by molar-refractivity contribution is -0.146. The summed E-state index contributed by atoms with van der Waals surface area (Å²) in [6.45, 7) is 27.3. The third kappa shape index (κ3) is 21.9. The van der Waals surface area contributed by atoms with Crippen molar-refractivity contribution >= 4 is 70.9 Å². The van der Waals surface area contributed by atoms with Gasteiger partial charge in [-0.1, -0.05) is 75.7 Å². The van der Waals surface area contributed by atoms with E-state index in [0.717, 1.165) is 4.90 Å². The Hall–Kier alpha value is -6.44. The summed E-state index contributed by atoms with van der Waals surface area (Å²) in [4.78, 5) is 166. The van der Waals surface area contributed by atoms with Crippen LogP contribution in [0.3, 0.4) is 0 Å². The van der Waals surface area contributed by atoms with E-state index < -0.39 is 160 Å². The Morgan fingerprint density at radius 1 is 0.566 bits per heavy atom. The van der Waals surface area contributed by atoms with Gasteiger partial charge >= 0.3 is 0 Å². The average Bonchev–Trinajstić information content (AvgIpc) is 3.35. The topological polar surface area (TPSA) is 386 Å². The molecule has 12 amide bonds. The highest BCUT2D eigenvalue weighted by molar-refractivity contribution is 6.01. The van der Waals surface area contributed by atoms with Gasteiger partial charge in [0.25, 0.3) is 0 Å². The van der Waals surface area contributed by atoms with Crippen molar-refractivity contribution in [2.45, 2.75) is 240 Å². The Kier molecular flexibility index (Phi) is 27.5. The van der Waals surface area contributed by atoms with Gasteiger partial charge in [-0.25, -0.2) is 0 Å². The summed E-state index contributed by atoms with van der Waals surface area (Å²) in [5, 5.41) is 44.8. The maximum absolute atomic E-state index is 14.5. The number of β-amino-alcohol motifs (C(OH)–C–C–N with tert-alkyl or cyclic N) is 1. The molecule has 26 heteroatoms. The van der Waals surface area contributed by atoms with Gasteiger partial charge in [-0.3, -0.25) is 57.5 Å². The Morgan fingerprint density at radius 3 is 1.55 bits per heavy atom. The second kappa shape index (κ2) is 31.5. The third-order valence-electron chi connectivity index (χ3n) is 14.7. The average molecular weight is 1180 g/mol. The van der Waals surface area contributed by atoms with Crippen LogP contribution in [0.15, 0.2) is 0 Å². The summed E-state index contributed by atoms with van der Waals surface area (Å²) < 4.78 is 0. The molecule has 13 N–H and O–H groups in total. The second-order valence-corrected chi connectivity index (χ2v) is 25.8. The number of nitrogens with one attached hydrogen (secondary N) is 9. The van der Waals surface area contributed by atoms with Crippen LogP contribution in [0, 0.1) is 29.6 Å². The molecule has 2 fully saturated rings. The van der Waals surface area contributed by atoms with E-state index in [1.807, 2.05) is 41.5 Å². The quantitative estimate of drug-likeness (QED) is 0.0407. The highest BCUT2D eigenvalue weighted by Gasteiger charge is 2.47. The van der Waals surface area contributed by atoms with Crippen molar-refractivity contribution in [2.24, 2.45) is 35.3 Å². The Morgan fingerprint density at radius 2 is 1.06 bits per heavy atom. The number of hydrogen-bond acceptors (Lipinski definition) is 14. The number of hydrogen-bond donors (Lipinski definition) is 12. The van der Waals surface area contributed by atoms with E-state index in [2.05, 4.69) is 47.9 Å². The lowest BCUT2D eigenvalue weighted by atomic mass is 9.95. The zero-order chi connectivity index (χ0) is 63.8. The first-order chi connectivity index (χ1) is 38.2. The van der Waals surface area contributed by atoms with Crippen molar-refractivity contribution in [1.29, 1.82) is 0 Å². The molecule has 0 aromatic rings. The predicted octanol–water partition coefficient (Wildman–Crippen LogP) is -0.740. The lowest BCUT2D eigenvalue weighted by Crippen LogP contribution is -2.64. The molecule has 2 aliphatic heterocycles. The summed E-state index contributed by atoms with van der Waals surface area (Å²) in [7, 11) is 0. The maximum Gasteiger partial charge on any atom is 0.248 e. The van der Waals surface area contributed by atoms with Crippen LogP contribution in [0.25, 0.3) is 0 Å². The van der Waals surface area contributed by atoms with Crippen LogP contribution in [0.4, 0.5) is 0 Å². The molecule has 0 radical (unpaired) electrons. The smallest absolute Gasteiger partial charge is 0.248 e. The van der Waals surface area contributed by atoms with Crippen LogP contribution in [-0.4, -0.2) is 182 Å². The van der Waals surface area contributed by atoms with Crippen molar-refractivity contribution < 1.29 is 67.7 Å². The van der Waals surface area contributed by atoms with Gasteiger partial charge in [0.2, 0.25) is 70.9 Å². The minimum absolute atomic E-state index is 0.0851. The molecule has 2 saturated heterocycles. The highest BCUT2D eigenvalue weighted by Crippen LogP contribution is 2.25. The molecule has 26 nitrogen and oxygen atoms in total. The molecule has 0 unspecified atom stereocenters. The van der Waals surface area contributed by atoms with E-state index >= 15 is 0 Å². The summed E-state index contributed by atoms with van der Waals surface area (Å²) in [5.41, 5.74) is 0.586. The zero-order valence-electron chi connectivity index (χ0n) is 52.1. The molecule has 0 saturated carbocycles. The van der Waals surface area contributed by atoms with Crippen LogP contribution in [0.5, 0.6) is 0 Å². The molecule has 0 bridgehead atoms. The molecule has 0 aromatic heterocycles.